The molecule has 7 nitrogen and oxygen atoms in total. The van der Waals surface area contributed by atoms with Crippen LogP contribution in [0, 0.1) is 5.41 Å². The first-order valence-electron chi connectivity index (χ1n) is 8.60. The third-order valence-corrected chi connectivity index (χ3v) is 6.52. The van der Waals surface area contributed by atoms with Crippen molar-refractivity contribution in [2.24, 2.45) is 10.6 Å². The zero-order valence-electron chi connectivity index (χ0n) is 16.7. The van der Waals surface area contributed by atoms with E-state index in [0.29, 0.717) is 0 Å². The fourth-order valence-corrected chi connectivity index (χ4v) is 5.43. The molecule has 0 saturated carbocycles. The number of halogens is 6. The molecule has 0 saturated heterocycles. The minimum Gasteiger partial charge on any atom is -0.468 e. The molecule has 2 heterocycles. The highest BCUT2D eigenvalue weighted by atomic mass is 32.2. The molecule has 1 unspecified atom stereocenters. The van der Waals surface area contributed by atoms with Crippen LogP contribution in [-0.4, -0.2) is 42.0 Å². The highest BCUT2D eigenvalue weighted by Gasteiger charge is 2.52. The Balaban J connectivity index is 2.69. The largest absolute Gasteiger partial charge is 0.468 e. The number of sulfone groups is 1. The molecule has 0 amide bonds. The molecule has 2 rings (SSSR count). The van der Waals surface area contributed by atoms with Crippen molar-refractivity contribution in [1.29, 1.82) is 0 Å². The molecule has 1 aliphatic rings. The van der Waals surface area contributed by atoms with E-state index in [2.05, 4.69) is 15.0 Å². The van der Waals surface area contributed by atoms with Gasteiger partial charge in [-0.1, -0.05) is 25.9 Å². The lowest BCUT2D eigenvalue weighted by Crippen LogP contribution is -2.34. The summed E-state index contributed by atoms with van der Waals surface area (Å²) < 4.78 is 109. The van der Waals surface area contributed by atoms with Crippen LogP contribution in [0.2, 0.25) is 0 Å². The van der Waals surface area contributed by atoms with E-state index >= 15 is 0 Å². The Morgan fingerprint density at radius 2 is 1.73 bits per heavy atom. The molecule has 1 aliphatic heterocycles. The molecule has 1 aromatic heterocycles. The first-order valence-corrected chi connectivity index (χ1v) is 10.1. The van der Waals surface area contributed by atoms with Crippen molar-refractivity contribution in [2.45, 2.75) is 64.2 Å². The third kappa shape index (κ3) is 5.19. The van der Waals surface area contributed by atoms with Crippen LogP contribution in [0.3, 0.4) is 0 Å². The molecule has 1 atom stereocenters. The summed E-state index contributed by atoms with van der Waals surface area (Å²) in [6.07, 6.45) is -10.2. The molecular weight excluding hydrogens is 444 g/mol. The lowest BCUT2D eigenvalue weighted by atomic mass is 9.87. The SMILES string of the molecule is CC1(C)CC(S(=O)(=O)C(c2c(C(F)(F)F)n[nH]c2OCC(F)(F)F)C(C)(C)C)=NO1. The Morgan fingerprint density at radius 1 is 1.17 bits per heavy atom. The van der Waals surface area contributed by atoms with Gasteiger partial charge in [0, 0.05) is 6.42 Å². The number of H-pyrrole nitrogens is 1. The molecule has 0 spiro atoms. The van der Waals surface area contributed by atoms with Gasteiger partial charge < -0.3 is 9.57 Å². The van der Waals surface area contributed by atoms with Crippen molar-refractivity contribution < 1.29 is 44.3 Å². The predicted octanol–water partition coefficient (Wildman–Crippen LogP) is 4.38. The number of nitrogens with zero attached hydrogens (tertiary/aromatic N) is 2. The minimum absolute atomic E-state index is 0.222. The van der Waals surface area contributed by atoms with E-state index in [4.69, 9.17) is 4.84 Å². The van der Waals surface area contributed by atoms with Gasteiger partial charge >= 0.3 is 12.4 Å². The van der Waals surface area contributed by atoms with Gasteiger partial charge in [0.15, 0.2) is 17.3 Å². The Kier molecular flexibility index (Phi) is 5.91. The second-order valence-corrected chi connectivity index (χ2v) is 10.6. The maximum atomic E-state index is 13.6. The van der Waals surface area contributed by atoms with E-state index in [1.54, 1.807) is 5.10 Å². The number of rotatable bonds is 4. The van der Waals surface area contributed by atoms with E-state index in [-0.39, 0.29) is 6.42 Å². The number of hydrogen-bond acceptors (Lipinski definition) is 6. The third-order valence-electron chi connectivity index (χ3n) is 4.08. The quantitative estimate of drug-likeness (QED) is 0.666. The molecule has 0 aromatic carbocycles. The molecule has 0 fully saturated rings. The smallest absolute Gasteiger partial charge is 0.435 e. The van der Waals surface area contributed by atoms with Crippen molar-refractivity contribution in [3.8, 4) is 5.88 Å². The van der Waals surface area contributed by atoms with Crippen molar-refractivity contribution in [2.75, 3.05) is 6.61 Å². The number of ether oxygens (including phenoxy) is 1. The molecule has 14 heteroatoms. The van der Waals surface area contributed by atoms with Crippen molar-refractivity contribution >= 4 is 14.9 Å². The van der Waals surface area contributed by atoms with Gasteiger partial charge in [-0.25, -0.2) is 13.5 Å². The number of nitrogens with one attached hydrogen (secondary N) is 1. The maximum absolute atomic E-state index is 13.6. The Labute approximate surface area is 168 Å². The molecule has 30 heavy (non-hydrogen) atoms. The van der Waals surface area contributed by atoms with Gasteiger partial charge in [-0.2, -0.15) is 31.4 Å². The van der Waals surface area contributed by atoms with Gasteiger partial charge in [-0.15, -0.1) is 0 Å². The molecule has 0 bridgehead atoms. The second kappa shape index (κ2) is 7.31. The first-order chi connectivity index (χ1) is 13.3. The fraction of sp³-hybridized carbons (Fsp3) is 0.750. The summed E-state index contributed by atoms with van der Waals surface area (Å²) in [7, 11) is -4.61. The first kappa shape index (κ1) is 24.3. The van der Waals surface area contributed by atoms with Gasteiger partial charge in [0.05, 0.1) is 5.56 Å². The van der Waals surface area contributed by atoms with Crippen molar-refractivity contribution in [3.05, 3.63) is 11.3 Å². The normalized spacial score (nSPS) is 18.7. The molecule has 1 aromatic rings. The van der Waals surface area contributed by atoms with E-state index in [1.807, 2.05) is 0 Å². The summed E-state index contributed by atoms with van der Waals surface area (Å²) in [5.74, 6) is -1.03. The average Bonchev–Trinajstić information content (AvgIpc) is 3.06. The van der Waals surface area contributed by atoms with Crippen LogP contribution in [0.1, 0.15) is 57.5 Å². The Hall–Kier alpha value is -1.99. The summed E-state index contributed by atoms with van der Waals surface area (Å²) in [6, 6.07) is 0. The second-order valence-electron chi connectivity index (χ2n) is 8.52. The summed E-state index contributed by atoms with van der Waals surface area (Å²) in [4.78, 5) is 5.02. The molecule has 172 valence electrons. The van der Waals surface area contributed by atoms with Crippen molar-refractivity contribution in [1.82, 2.24) is 10.2 Å². The van der Waals surface area contributed by atoms with Crippen LogP contribution in [0.15, 0.2) is 5.16 Å². The average molecular weight is 465 g/mol. The predicted molar refractivity (Wildman–Crippen MR) is 93.5 cm³/mol. The zero-order valence-corrected chi connectivity index (χ0v) is 17.5. The highest BCUT2D eigenvalue weighted by molar-refractivity contribution is 8.06. The molecule has 0 aliphatic carbocycles. The van der Waals surface area contributed by atoms with Crippen LogP contribution in [-0.2, 0) is 20.9 Å². The summed E-state index contributed by atoms with van der Waals surface area (Å²) in [5, 5.41) is 5.79. The highest BCUT2D eigenvalue weighted by Crippen LogP contribution is 2.49. The van der Waals surface area contributed by atoms with Gasteiger partial charge in [-0.05, 0) is 19.3 Å². The van der Waals surface area contributed by atoms with Crippen LogP contribution in [0.4, 0.5) is 26.3 Å². The topological polar surface area (TPSA) is 93.6 Å². The van der Waals surface area contributed by atoms with Crippen LogP contribution < -0.4 is 4.74 Å². The van der Waals surface area contributed by atoms with Crippen molar-refractivity contribution in [3.63, 3.8) is 0 Å². The van der Waals surface area contributed by atoms with E-state index in [9.17, 15) is 34.8 Å². The zero-order chi connectivity index (χ0) is 23.3. The van der Waals surface area contributed by atoms with E-state index < -0.39 is 67.2 Å². The molecule has 0 radical (unpaired) electrons. The maximum Gasteiger partial charge on any atom is 0.435 e. The van der Waals surface area contributed by atoms with Crippen LogP contribution in [0.5, 0.6) is 5.88 Å². The van der Waals surface area contributed by atoms with Crippen LogP contribution in [0.25, 0.3) is 0 Å². The van der Waals surface area contributed by atoms with E-state index in [1.165, 1.54) is 34.6 Å². The lowest BCUT2D eigenvalue weighted by Gasteiger charge is -2.31. The number of oxime groups is 1. The number of aromatic amines is 1. The minimum atomic E-state index is -5.15. The number of alkyl halides is 6. The van der Waals surface area contributed by atoms with E-state index in [0.717, 1.165) is 0 Å². The lowest BCUT2D eigenvalue weighted by molar-refractivity contribution is -0.154. The monoisotopic (exact) mass is 465 g/mol. The Morgan fingerprint density at radius 3 is 2.13 bits per heavy atom. The molecule has 1 N–H and O–H groups in total. The Bertz CT molecular complexity index is 926. The summed E-state index contributed by atoms with van der Waals surface area (Å²) >= 11 is 0. The van der Waals surface area contributed by atoms with Gasteiger partial charge in [-0.3, -0.25) is 0 Å². The number of hydrogen-bond donors (Lipinski definition) is 1. The van der Waals surface area contributed by atoms with Gasteiger partial charge in [0.2, 0.25) is 15.7 Å². The number of aromatic nitrogens is 2. The summed E-state index contributed by atoms with van der Waals surface area (Å²) in [5.41, 5.74) is -5.13. The molecular formula is C16H21F6N3O4S. The van der Waals surface area contributed by atoms with Gasteiger partial charge in [0.1, 0.15) is 10.9 Å². The van der Waals surface area contributed by atoms with Gasteiger partial charge in [0.25, 0.3) is 0 Å². The fourth-order valence-electron chi connectivity index (χ4n) is 3.00. The summed E-state index contributed by atoms with van der Waals surface area (Å²) in [6.45, 7) is 5.11. The van der Waals surface area contributed by atoms with Crippen LogP contribution >= 0.6 is 0 Å². The standard InChI is InChI=1S/C16H21F6N3O4S/c1-13(2,3)11(30(26,27)8-6-14(4,5)29-25-8)9-10(16(20,21)22)23-24-12(9)28-7-15(17,18)19/h11H,6-7H2,1-5H3,(H,23,24).